The summed E-state index contributed by atoms with van der Waals surface area (Å²) in [5.41, 5.74) is 3.37. The Morgan fingerprint density at radius 2 is 1.61 bits per heavy atom. The monoisotopic (exact) mass is 563 g/mol. The van der Waals surface area contributed by atoms with Crippen LogP contribution in [0.5, 0.6) is 23.0 Å². The van der Waals surface area contributed by atoms with Crippen molar-refractivity contribution in [3.05, 3.63) is 58.8 Å². The van der Waals surface area contributed by atoms with E-state index in [0.29, 0.717) is 59.2 Å². The third kappa shape index (κ3) is 6.29. The highest BCUT2D eigenvalue weighted by Crippen LogP contribution is 2.48. The Bertz CT molecular complexity index is 1390. The maximum Gasteiger partial charge on any atom is 0.315 e. The number of ether oxygens (including phenoxy) is 5. The van der Waals surface area contributed by atoms with Gasteiger partial charge >= 0.3 is 11.9 Å². The standard InChI is InChI=1S/C32H37NO8/c1-7-13-40-32(36)29-18(3)33-23-14-22(20-9-11-25(37-5)27(16-20)38-6)15-24(35)31(23)30(29)21-10-12-26(41-19(4)34)28(17-21)39-8-2/h9-12,16-17,22,29-30H,7-8,13-15H2,1-6H3/t22-,29?,30-/m0/s1. The van der Waals surface area contributed by atoms with Crippen molar-refractivity contribution in [1.82, 2.24) is 0 Å². The number of carbonyl (C=O) groups excluding carboxylic acids is 3. The van der Waals surface area contributed by atoms with Crippen LogP contribution in [0, 0.1) is 5.92 Å². The van der Waals surface area contributed by atoms with Gasteiger partial charge in [-0.1, -0.05) is 19.1 Å². The average molecular weight is 564 g/mol. The summed E-state index contributed by atoms with van der Waals surface area (Å²) in [5.74, 6) is -0.687. The number of rotatable bonds is 10. The lowest BCUT2D eigenvalue weighted by Gasteiger charge is -2.36. The van der Waals surface area contributed by atoms with Crippen LogP contribution in [0.25, 0.3) is 0 Å². The predicted molar refractivity (Wildman–Crippen MR) is 153 cm³/mol. The van der Waals surface area contributed by atoms with Crippen molar-refractivity contribution < 1.29 is 38.1 Å². The van der Waals surface area contributed by atoms with Crippen LogP contribution < -0.4 is 18.9 Å². The van der Waals surface area contributed by atoms with Crippen LogP contribution in [0.1, 0.15) is 69.9 Å². The van der Waals surface area contributed by atoms with Gasteiger partial charge in [0.25, 0.3) is 0 Å². The van der Waals surface area contributed by atoms with Crippen LogP contribution in [0.4, 0.5) is 0 Å². The van der Waals surface area contributed by atoms with Crippen molar-refractivity contribution >= 4 is 23.4 Å². The third-order valence-corrected chi connectivity index (χ3v) is 7.35. The highest BCUT2D eigenvalue weighted by Gasteiger charge is 2.45. The van der Waals surface area contributed by atoms with Crippen molar-refractivity contribution in [3.63, 3.8) is 0 Å². The number of ketones is 1. The third-order valence-electron chi connectivity index (χ3n) is 7.35. The molecule has 218 valence electrons. The molecular formula is C32H37NO8. The van der Waals surface area contributed by atoms with Gasteiger partial charge in [-0.3, -0.25) is 19.4 Å². The molecular weight excluding hydrogens is 526 g/mol. The summed E-state index contributed by atoms with van der Waals surface area (Å²) < 4.78 is 27.6. The van der Waals surface area contributed by atoms with E-state index in [1.165, 1.54) is 6.92 Å². The summed E-state index contributed by atoms with van der Waals surface area (Å²) in [7, 11) is 3.16. The van der Waals surface area contributed by atoms with E-state index >= 15 is 0 Å². The van der Waals surface area contributed by atoms with Gasteiger partial charge in [0.05, 0.1) is 27.4 Å². The van der Waals surface area contributed by atoms with E-state index in [1.807, 2.05) is 32.0 Å². The minimum Gasteiger partial charge on any atom is -0.493 e. The molecule has 0 radical (unpaired) electrons. The lowest BCUT2D eigenvalue weighted by molar-refractivity contribution is -0.146. The minimum absolute atomic E-state index is 0.0809. The summed E-state index contributed by atoms with van der Waals surface area (Å²) in [4.78, 5) is 43.9. The molecule has 3 atom stereocenters. The molecule has 0 amide bonds. The molecule has 0 N–H and O–H groups in total. The fourth-order valence-electron chi connectivity index (χ4n) is 5.59. The second-order valence-corrected chi connectivity index (χ2v) is 10.1. The summed E-state index contributed by atoms with van der Waals surface area (Å²) >= 11 is 0. The van der Waals surface area contributed by atoms with E-state index in [9.17, 15) is 14.4 Å². The molecule has 1 heterocycles. The summed E-state index contributed by atoms with van der Waals surface area (Å²) in [6, 6.07) is 10.8. The van der Waals surface area contributed by atoms with Crippen molar-refractivity contribution in [2.24, 2.45) is 10.9 Å². The number of nitrogens with zero attached hydrogens (tertiary/aromatic N) is 1. The summed E-state index contributed by atoms with van der Waals surface area (Å²) in [6.45, 7) is 7.48. The highest BCUT2D eigenvalue weighted by molar-refractivity contribution is 6.09. The molecule has 0 spiro atoms. The number of Topliss-reactive ketones (excluding diaryl/α,β-unsaturated/α-hetero) is 1. The van der Waals surface area contributed by atoms with Crippen LogP contribution in [0.15, 0.2) is 52.7 Å². The van der Waals surface area contributed by atoms with Gasteiger partial charge in [-0.05, 0) is 68.0 Å². The van der Waals surface area contributed by atoms with E-state index in [2.05, 4.69) is 0 Å². The summed E-state index contributed by atoms with van der Waals surface area (Å²) in [5, 5.41) is 0. The number of benzene rings is 2. The lowest BCUT2D eigenvalue weighted by atomic mass is 9.69. The largest absolute Gasteiger partial charge is 0.493 e. The minimum atomic E-state index is -0.782. The number of allylic oxidation sites excluding steroid dienone is 2. The van der Waals surface area contributed by atoms with Gasteiger partial charge in [-0.15, -0.1) is 0 Å². The number of aliphatic imine (C=N–C) groups is 1. The first-order chi connectivity index (χ1) is 19.7. The molecule has 0 bridgehead atoms. The number of methoxy groups -OCH3 is 2. The molecule has 0 saturated carbocycles. The van der Waals surface area contributed by atoms with Crippen LogP contribution in [0.2, 0.25) is 0 Å². The van der Waals surface area contributed by atoms with Gasteiger partial charge in [0, 0.05) is 36.2 Å². The molecule has 4 rings (SSSR count). The first-order valence-corrected chi connectivity index (χ1v) is 13.9. The zero-order valence-corrected chi connectivity index (χ0v) is 24.4. The van der Waals surface area contributed by atoms with Gasteiger partial charge in [0.15, 0.2) is 28.8 Å². The van der Waals surface area contributed by atoms with E-state index < -0.39 is 23.8 Å². The van der Waals surface area contributed by atoms with Gasteiger partial charge in [-0.2, -0.15) is 0 Å². The Labute approximate surface area is 240 Å². The topological polar surface area (TPSA) is 110 Å². The van der Waals surface area contributed by atoms with E-state index in [0.717, 1.165) is 5.56 Å². The highest BCUT2D eigenvalue weighted by atomic mass is 16.6. The van der Waals surface area contributed by atoms with Gasteiger partial charge in [-0.25, -0.2) is 0 Å². The van der Waals surface area contributed by atoms with Crippen LogP contribution >= 0.6 is 0 Å². The first kappa shape index (κ1) is 29.8. The average Bonchev–Trinajstić information content (AvgIpc) is 2.95. The van der Waals surface area contributed by atoms with Gasteiger partial charge < -0.3 is 23.7 Å². The van der Waals surface area contributed by atoms with Crippen molar-refractivity contribution in [2.45, 2.75) is 58.8 Å². The molecule has 2 aliphatic rings. The maximum absolute atomic E-state index is 13.9. The molecule has 2 aromatic rings. The fraction of sp³-hybridized carbons (Fsp3) is 0.438. The van der Waals surface area contributed by atoms with E-state index in [4.69, 9.17) is 28.7 Å². The van der Waals surface area contributed by atoms with E-state index in [-0.39, 0.29) is 30.5 Å². The fourth-order valence-corrected chi connectivity index (χ4v) is 5.59. The second-order valence-electron chi connectivity index (χ2n) is 10.1. The maximum atomic E-state index is 13.9. The molecule has 2 aromatic carbocycles. The first-order valence-electron chi connectivity index (χ1n) is 13.9. The lowest BCUT2D eigenvalue weighted by Crippen LogP contribution is -2.38. The van der Waals surface area contributed by atoms with Crippen LogP contribution in [-0.4, -0.2) is 50.9 Å². The molecule has 1 unspecified atom stereocenters. The quantitative estimate of drug-likeness (QED) is 0.273. The molecule has 0 fully saturated rings. The Morgan fingerprint density at radius 1 is 0.927 bits per heavy atom. The smallest absolute Gasteiger partial charge is 0.315 e. The molecule has 1 aliphatic carbocycles. The predicted octanol–water partition coefficient (Wildman–Crippen LogP) is 5.56. The SMILES string of the molecule is CCCOC(=O)C1C(C)=NC2=C(C(=O)C[C@@H](c3ccc(OC)c(OC)c3)C2)[C@H]1c1ccc(OC(C)=O)c(OCC)c1. The van der Waals surface area contributed by atoms with Crippen molar-refractivity contribution in [1.29, 1.82) is 0 Å². The van der Waals surface area contributed by atoms with E-state index in [1.54, 1.807) is 39.3 Å². The Hall–Kier alpha value is -4.14. The molecule has 1 aliphatic heterocycles. The van der Waals surface area contributed by atoms with Crippen molar-refractivity contribution in [3.8, 4) is 23.0 Å². The van der Waals surface area contributed by atoms with Crippen LogP contribution in [0.3, 0.4) is 0 Å². The Morgan fingerprint density at radius 3 is 2.27 bits per heavy atom. The Kier molecular flexibility index (Phi) is 9.47. The molecule has 9 heteroatoms. The molecule has 0 aromatic heterocycles. The zero-order chi connectivity index (χ0) is 29.7. The Balaban J connectivity index is 1.81. The second kappa shape index (κ2) is 13.0. The number of hydrogen-bond donors (Lipinski definition) is 0. The van der Waals surface area contributed by atoms with Crippen LogP contribution in [-0.2, 0) is 19.1 Å². The zero-order valence-electron chi connectivity index (χ0n) is 24.4. The summed E-state index contributed by atoms with van der Waals surface area (Å²) in [6.07, 6.45) is 1.44. The number of hydrogen-bond acceptors (Lipinski definition) is 9. The van der Waals surface area contributed by atoms with Crippen molar-refractivity contribution in [2.75, 3.05) is 27.4 Å². The number of esters is 2. The molecule has 9 nitrogen and oxygen atoms in total. The van der Waals surface area contributed by atoms with Gasteiger partial charge in [0.1, 0.15) is 5.92 Å². The van der Waals surface area contributed by atoms with Gasteiger partial charge in [0.2, 0.25) is 0 Å². The molecule has 0 saturated heterocycles. The number of carbonyl (C=O) groups is 3. The normalized spacial score (nSPS) is 20.1. The molecule has 41 heavy (non-hydrogen) atoms.